The van der Waals surface area contributed by atoms with E-state index in [-0.39, 0.29) is 0 Å². The van der Waals surface area contributed by atoms with Crippen LogP contribution in [0.5, 0.6) is 0 Å². The van der Waals surface area contributed by atoms with Crippen LogP contribution in [0.3, 0.4) is 0 Å². The maximum Gasteiger partial charge on any atom is 0.407 e. The van der Waals surface area contributed by atoms with E-state index in [0.29, 0.717) is 13.0 Å². The predicted molar refractivity (Wildman–Crippen MR) is 71.2 cm³/mol. The van der Waals surface area contributed by atoms with E-state index in [0.717, 1.165) is 11.3 Å². The zero-order valence-corrected chi connectivity index (χ0v) is 11.5. The van der Waals surface area contributed by atoms with Crippen LogP contribution in [-0.4, -0.2) is 28.0 Å². The summed E-state index contributed by atoms with van der Waals surface area (Å²) in [6.07, 6.45) is 3.91. The summed E-state index contributed by atoms with van der Waals surface area (Å²) in [5.74, 6) is 0. The number of aryl methyl sites for hydroxylation is 1. The molecule has 0 atom stereocenters. The van der Waals surface area contributed by atoms with Crippen molar-refractivity contribution in [2.75, 3.05) is 6.54 Å². The van der Waals surface area contributed by atoms with E-state index in [2.05, 4.69) is 17.0 Å². The Kier molecular flexibility index (Phi) is 4.53. The first-order chi connectivity index (χ1) is 8.31. The Morgan fingerprint density at radius 1 is 1.61 bits per heavy atom. The van der Waals surface area contributed by atoms with E-state index >= 15 is 0 Å². The molecule has 0 aliphatic rings. The van der Waals surface area contributed by atoms with Gasteiger partial charge in [-0.1, -0.05) is 12.7 Å². The molecule has 0 saturated carbocycles. The molecule has 0 bridgehead atoms. The Bertz CT molecular complexity index is 430. The van der Waals surface area contributed by atoms with Crippen LogP contribution >= 0.6 is 0 Å². The third-order valence-corrected chi connectivity index (χ3v) is 2.19. The Morgan fingerprint density at radius 2 is 2.28 bits per heavy atom. The lowest BCUT2D eigenvalue weighted by molar-refractivity contribution is 0.0528. The van der Waals surface area contributed by atoms with Crippen molar-refractivity contribution in [2.24, 2.45) is 7.05 Å². The minimum absolute atomic E-state index is 0.404. The molecule has 18 heavy (non-hydrogen) atoms. The molecule has 0 spiro atoms. The molecule has 0 fully saturated rings. The van der Waals surface area contributed by atoms with Crippen LogP contribution < -0.4 is 5.32 Å². The van der Waals surface area contributed by atoms with Gasteiger partial charge in [0, 0.05) is 31.8 Å². The summed E-state index contributed by atoms with van der Waals surface area (Å²) >= 11 is 0. The molecule has 100 valence electrons. The molecule has 0 aliphatic carbocycles. The standard InChI is InChI=1S/C13H21N3O2/c1-6-10-9-16(5)15-11(10)7-8-14-12(17)18-13(2,3)4/h6,9H,1,7-8H2,2-5H3,(H,14,17). The lowest BCUT2D eigenvalue weighted by Crippen LogP contribution is -2.33. The molecule has 0 saturated heterocycles. The summed E-state index contributed by atoms with van der Waals surface area (Å²) in [7, 11) is 1.86. The van der Waals surface area contributed by atoms with Crippen molar-refractivity contribution in [2.45, 2.75) is 32.8 Å². The quantitative estimate of drug-likeness (QED) is 0.892. The zero-order chi connectivity index (χ0) is 13.8. The molecular formula is C13H21N3O2. The summed E-state index contributed by atoms with van der Waals surface area (Å²) in [6, 6.07) is 0. The SMILES string of the molecule is C=Cc1cn(C)nc1CCNC(=O)OC(C)(C)C. The monoisotopic (exact) mass is 251 g/mol. The molecule has 5 heteroatoms. The van der Waals surface area contributed by atoms with Gasteiger partial charge in [0.1, 0.15) is 5.60 Å². The molecule has 0 unspecified atom stereocenters. The number of hydrogen-bond acceptors (Lipinski definition) is 3. The number of nitrogens with zero attached hydrogens (tertiary/aromatic N) is 2. The second kappa shape index (κ2) is 5.71. The Balaban J connectivity index is 2.42. The van der Waals surface area contributed by atoms with E-state index in [9.17, 15) is 4.79 Å². The first-order valence-corrected chi connectivity index (χ1v) is 5.93. The summed E-state index contributed by atoms with van der Waals surface area (Å²) in [5, 5.41) is 7.01. The van der Waals surface area contributed by atoms with Crippen LogP contribution in [0.2, 0.25) is 0 Å². The first kappa shape index (κ1) is 14.3. The molecule has 1 N–H and O–H groups in total. The lowest BCUT2D eigenvalue weighted by Gasteiger charge is -2.19. The highest BCUT2D eigenvalue weighted by molar-refractivity contribution is 5.67. The van der Waals surface area contributed by atoms with Gasteiger partial charge in [-0.25, -0.2) is 4.79 Å². The van der Waals surface area contributed by atoms with Gasteiger partial charge >= 0.3 is 6.09 Å². The van der Waals surface area contributed by atoms with Crippen molar-refractivity contribution in [3.05, 3.63) is 24.0 Å². The van der Waals surface area contributed by atoms with Crippen molar-refractivity contribution in [3.8, 4) is 0 Å². The average molecular weight is 251 g/mol. The molecule has 1 amide bonds. The van der Waals surface area contributed by atoms with Gasteiger partial charge in [-0.15, -0.1) is 0 Å². The van der Waals surface area contributed by atoms with Gasteiger partial charge in [0.15, 0.2) is 0 Å². The zero-order valence-electron chi connectivity index (χ0n) is 11.5. The third-order valence-electron chi connectivity index (χ3n) is 2.19. The summed E-state index contributed by atoms with van der Waals surface area (Å²) < 4.78 is 6.88. The van der Waals surface area contributed by atoms with E-state index in [1.54, 1.807) is 10.8 Å². The van der Waals surface area contributed by atoms with Gasteiger partial charge in [0.25, 0.3) is 0 Å². The Labute approximate surface area is 108 Å². The van der Waals surface area contributed by atoms with Crippen LogP contribution in [0.4, 0.5) is 4.79 Å². The number of hydrogen-bond donors (Lipinski definition) is 1. The van der Waals surface area contributed by atoms with Crippen LogP contribution in [0, 0.1) is 0 Å². The molecular weight excluding hydrogens is 230 g/mol. The molecule has 0 aromatic carbocycles. The third kappa shape index (κ3) is 4.61. The average Bonchev–Trinajstić information content (AvgIpc) is 2.56. The lowest BCUT2D eigenvalue weighted by atomic mass is 10.2. The number of ether oxygens (including phenoxy) is 1. The number of alkyl carbamates (subject to hydrolysis) is 1. The van der Waals surface area contributed by atoms with Gasteiger partial charge in [-0.05, 0) is 20.8 Å². The summed E-state index contributed by atoms with van der Waals surface area (Å²) in [5.41, 5.74) is 1.44. The van der Waals surface area contributed by atoms with Crippen LogP contribution in [0.15, 0.2) is 12.8 Å². The topological polar surface area (TPSA) is 56.2 Å². The second-order valence-electron chi connectivity index (χ2n) is 5.09. The second-order valence-corrected chi connectivity index (χ2v) is 5.09. The smallest absolute Gasteiger partial charge is 0.407 e. The number of aromatic nitrogens is 2. The van der Waals surface area contributed by atoms with Crippen molar-refractivity contribution in [1.29, 1.82) is 0 Å². The van der Waals surface area contributed by atoms with Gasteiger partial charge in [-0.2, -0.15) is 5.10 Å². The summed E-state index contributed by atoms with van der Waals surface area (Å²) in [4.78, 5) is 11.4. The first-order valence-electron chi connectivity index (χ1n) is 5.93. The molecule has 1 aromatic heterocycles. The van der Waals surface area contributed by atoms with Gasteiger partial charge in [0.2, 0.25) is 0 Å². The number of carbonyl (C=O) groups excluding carboxylic acids is 1. The predicted octanol–water partition coefficient (Wildman–Crippen LogP) is 2.13. The maximum atomic E-state index is 11.4. The van der Waals surface area contributed by atoms with Gasteiger partial charge in [-0.3, -0.25) is 4.68 Å². The van der Waals surface area contributed by atoms with Crippen LogP contribution in [-0.2, 0) is 18.2 Å². The maximum absolute atomic E-state index is 11.4. The van der Waals surface area contributed by atoms with Crippen molar-refractivity contribution in [3.63, 3.8) is 0 Å². The highest BCUT2D eigenvalue weighted by Gasteiger charge is 2.15. The Morgan fingerprint density at radius 3 is 2.83 bits per heavy atom. The normalized spacial score (nSPS) is 11.1. The number of carbonyl (C=O) groups is 1. The molecule has 0 aliphatic heterocycles. The van der Waals surface area contributed by atoms with E-state index in [1.165, 1.54) is 0 Å². The molecule has 0 radical (unpaired) electrons. The van der Waals surface area contributed by atoms with Gasteiger partial charge < -0.3 is 10.1 Å². The molecule has 5 nitrogen and oxygen atoms in total. The van der Waals surface area contributed by atoms with E-state index in [1.807, 2.05) is 34.0 Å². The fourth-order valence-corrected chi connectivity index (χ4v) is 1.51. The van der Waals surface area contributed by atoms with E-state index in [4.69, 9.17) is 4.74 Å². The van der Waals surface area contributed by atoms with Crippen LogP contribution in [0.1, 0.15) is 32.0 Å². The fraction of sp³-hybridized carbons (Fsp3) is 0.538. The largest absolute Gasteiger partial charge is 0.444 e. The van der Waals surface area contributed by atoms with Crippen molar-refractivity contribution >= 4 is 12.2 Å². The number of rotatable bonds is 4. The molecule has 1 aromatic rings. The van der Waals surface area contributed by atoms with E-state index < -0.39 is 11.7 Å². The number of nitrogens with one attached hydrogen (secondary N) is 1. The van der Waals surface area contributed by atoms with Crippen molar-refractivity contribution in [1.82, 2.24) is 15.1 Å². The minimum Gasteiger partial charge on any atom is -0.444 e. The molecule has 1 rings (SSSR count). The highest BCUT2D eigenvalue weighted by atomic mass is 16.6. The number of amides is 1. The highest BCUT2D eigenvalue weighted by Crippen LogP contribution is 2.09. The summed E-state index contributed by atoms with van der Waals surface area (Å²) in [6.45, 7) is 9.73. The van der Waals surface area contributed by atoms with Gasteiger partial charge in [0.05, 0.1) is 5.69 Å². The van der Waals surface area contributed by atoms with Crippen molar-refractivity contribution < 1.29 is 9.53 Å². The van der Waals surface area contributed by atoms with Crippen LogP contribution in [0.25, 0.3) is 6.08 Å². The minimum atomic E-state index is -0.471. The molecule has 1 heterocycles. The fourth-order valence-electron chi connectivity index (χ4n) is 1.51. The Hall–Kier alpha value is -1.78.